The first-order valence-electron chi connectivity index (χ1n) is 6.19. The molecule has 17 heavy (non-hydrogen) atoms. The fraction of sp³-hybridized carbons (Fsp3) is 0.846. The Kier molecular flexibility index (Phi) is 4.95. The van der Waals surface area contributed by atoms with E-state index in [1.165, 1.54) is 7.11 Å². The van der Waals surface area contributed by atoms with E-state index in [1.807, 2.05) is 0 Å². The number of nitrogens with zero attached hydrogens (tertiary/aromatic N) is 1. The van der Waals surface area contributed by atoms with Crippen molar-refractivity contribution in [1.82, 2.24) is 4.90 Å². The predicted molar refractivity (Wildman–Crippen MR) is 65.9 cm³/mol. The Labute approximate surface area is 104 Å². The summed E-state index contributed by atoms with van der Waals surface area (Å²) < 4.78 is 4.66. The molecule has 0 aromatic heterocycles. The van der Waals surface area contributed by atoms with E-state index in [0.29, 0.717) is 38.0 Å². The summed E-state index contributed by atoms with van der Waals surface area (Å²) >= 11 is 0. The number of ether oxygens (including phenoxy) is 1. The molecular weight excluding hydrogens is 218 g/mol. The van der Waals surface area contributed by atoms with Gasteiger partial charge in [-0.05, 0) is 18.3 Å². The first kappa shape index (κ1) is 14.5. The molecule has 0 spiro atoms. The van der Waals surface area contributed by atoms with Crippen molar-refractivity contribution in [2.24, 2.45) is 5.41 Å². The van der Waals surface area contributed by atoms with Crippen LogP contribution in [0.25, 0.3) is 0 Å². The van der Waals surface area contributed by atoms with Gasteiger partial charge < -0.3 is 9.84 Å². The highest BCUT2D eigenvalue weighted by molar-refractivity contribution is 5.69. The Morgan fingerprint density at radius 2 is 2.18 bits per heavy atom. The van der Waals surface area contributed by atoms with Crippen molar-refractivity contribution in [3.8, 4) is 0 Å². The van der Waals surface area contributed by atoms with Gasteiger partial charge in [-0.2, -0.15) is 0 Å². The molecule has 1 heterocycles. The van der Waals surface area contributed by atoms with Gasteiger partial charge in [0.1, 0.15) is 0 Å². The molecule has 1 N–H and O–H groups in total. The van der Waals surface area contributed by atoms with Crippen LogP contribution < -0.4 is 0 Å². The summed E-state index contributed by atoms with van der Waals surface area (Å²) in [5.74, 6) is -0.170. The van der Waals surface area contributed by atoms with Crippen LogP contribution >= 0.6 is 0 Å². The van der Waals surface area contributed by atoms with Crippen LogP contribution in [-0.4, -0.2) is 42.2 Å². The second kappa shape index (κ2) is 5.83. The summed E-state index contributed by atoms with van der Waals surface area (Å²) in [6.07, 6.45) is 2.43. The van der Waals surface area contributed by atoms with E-state index in [1.54, 1.807) is 0 Å². The summed E-state index contributed by atoms with van der Waals surface area (Å²) in [5.41, 5.74) is 0.102. The maximum absolute atomic E-state index is 11.2. The fourth-order valence-electron chi connectivity index (χ4n) is 2.34. The molecule has 1 rings (SSSR count). The SMILES string of the molecule is COC(=O)CCN1CC[C](O)CC1C(C)(C)C. The number of piperidine rings is 1. The fourth-order valence-corrected chi connectivity index (χ4v) is 2.34. The topological polar surface area (TPSA) is 49.8 Å². The zero-order valence-electron chi connectivity index (χ0n) is 11.3. The van der Waals surface area contributed by atoms with E-state index in [9.17, 15) is 9.90 Å². The number of hydrogen-bond acceptors (Lipinski definition) is 4. The maximum Gasteiger partial charge on any atom is 0.306 e. The van der Waals surface area contributed by atoms with Crippen LogP contribution in [0.1, 0.15) is 40.0 Å². The normalized spacial score (nSPS) is 23.7. The van der Waals surface area contributed by atoms with E-state index in [4.69, 9.17) is 0 Å². The Balaban J connectivity index is 2.58. The molecule has 1 aliphatic heterocycles. The Hall–Kier alpha value is -0.610. The molecule has 1 fully saturated rings. The second-order valence-corrected chi connectivity index (χ2v) is 5.76. The number of esters is 1. The number of aliphatic hydroxyl groups excluding tert-OH is 1. The lowest BCUT2D eigenvalue weighted by Gasteiger charge is -2.44. The Morgan fingerprint density at radius 3 is 2.71 bits per heavy atom. The third-order valence-electron chi connectivity index (χ3n) is 3.39. The lowest BCUT2D eigenvalue weighted by molar-refractivity contribution is -0.141. The second-order valence-electron chi connectivity index (χ2n) is 5.76. The summed E-state index contributed by atoms with van der Waals surface area (Å²) in [6.45, 7) is 8.04. The molecule has 1 saturated heterocycles. The smallest absolute Gasteiger partial charge is 0.306 e. The molecule has 0 bridgehead atoms. The van der Waals surface area contributed by atoms with Gasteiger partial charge in [-0.25, -0.2) is 0 Å². The third-order valence-corrected chi connectivity index (χ3v) is 3.39. The van der Waals surface area contributed by atoms with Crippen LogP contribution in [0.3, 0.4) is 0 Å². The number of likely N-dealkylation sites (tertiary alicyclic amines) is 1. The number of carbonyl (C=O) groups is 1. The van der Waals surface area contributed by atoms with Crippen LogP contribution in [0, 0.1) is 11.5 Å². The third kappa shape index (κ3) is 4.28. The van der Waals surface area contributed by atoms with Crippen LogP contribution in [0.4, 0.5) is 0 Å². The summed E-state index contributed by atoms with van der Waals surface area (Å²) in [7, 11) is 1.42. The Bertz CT molecular complexity index is 260. The van der Waals surface area contributed by atoms with Crippen LogP contribution in [0.2, 0.25) is 0 Å². The number of hydrogen-bond donors (Lipinski definition) is 1. The quantitative estimate of drug-likeness (QED) is 0.769. The standard InChI is InChI=1S/C13H24NO3/c1-13(2,3)11-9-10(15)5-7-14(11)8-6-12(16)17-4/h11,15H,5-9H2,1-4H3. The van der Waals surface area contributed by atoms with Crippen molar-refractivity contribution in [1.29, 1.82) is 0 Å². The molecule has 0 saturated carbocycles. The summed E-state index contributed by atoms with van der Waals surface area (Å²) in [4.78, 5) is 13.5. The average Bonchev–Trinajstić information content (AvgIpc) is 2.25. The molecule has 0 aromatic rings. The lowest BCUT2D eigenvalue weighted by atomic mass is 9.79. The highest BCUT2D eigenvalue weighted by Gasteiger charge is 2.35. The van der Waals surface area contributed by atoms with Gasteiger partial charge in [0, 0.05) is 19.1 Å². The molecule has 1 unspecified atom stereocenters. The highest BCUT2D eigenvalue weighted by atomic mass is 16.5. The van der Waals surface area contributed by atoms with Gasteiger partial charge in [-0.15, -0.1) is 0 Å². The molecule has 0 aromatic carbocycles. The first-order chi connectivity index (χ1) is 7.84. The lowest BCUT2D eigenvalue weighted by Crippen LogP contribution is -2.49. The van der Waals surface area contributed by atoms with E-state index >= 15 is 0 Å². The van der Waals surface area contributed by atoms with E-state index in [2.05, 4.69) is 30.4 Å². The molecule has 1 radical (unpaired) electrons. The minimum atomic E-state index is -0.170. The van der Waals surface area contributed by atoms with Crippen LogP contribution in [0.15, 0.2) is 0 Å². The molecule has 1 atom stereocenters. The van der Waals surface area contributed by atoms with Gasteiger partial charge in [0.05, 0.1) is 19.6 Å². The summed E-state index contributed by atoms with van der Waals surface area (Å²) in [6, 6.07) is 0.293. The molecule has 0 amide bonds. The monoisotopic (exact) mass is 242 g/mol. The zero-order valence-corrected chi connectivity index (χ0v) is 11.3. The van der Waals surface area contributed by atoms with Crippen LogP contribution in [-0.2, 0) is 9.53 Å². The molecule has 0 aliphatic carbocycles. The van der Waals surface area contributed by atoms with E-state index < -0.39 is 0 Å². The number of rotatable bonds is 3. The Morgan fingerprint density at radius 1 is 1.53 bits per heavy atom. The maximum atomic E-state index is 11.2. The zero-order chi connectivity index (χ0) is 13.1. The first-order valence-corrected chi connectivity index (χ1v) is 6.19. The minimum Gasteiger partial charge on any atom is -0.469 e. The molecule has 4 heteroatoms. The molecular formula is C13H24NO3. The van der Waals surface area contributed by atoms with Crippen molar-refractivity contribution in [2.45, 2.75) is 46.1 Å². The van der Waals surface area contributed by atoms with Crippen molar-refractivity contribution in [3.05, 3.63) is 6.10 Å². The van der Waals surface area contributed by atoms with Crippen LogP contribution in [0.5, 0.6) is 0 Å². The van der Waals surface area contributed by atoms with Crippen molar-refractivity contribution >= 4 is 5.97 Å². The number of methoxy groups -OCH3 is 1. The number of aliphatic hydroxyl groups is 1. The van der Waals surface area contributed by atoms with Gasteiger partial charge in [0.15, 0.2) is 0 Å². The minimum absolute atomic E-state index is 0.102. The van der Waals surface area contributed by atoms with E-state index in [-0.39, 0.29) is 11.4 Å². The van der Waals surface area contributed by atoms with Crippen molar-refractivity contribution in [3.63, 3.8) is 0 Å². The van der Waals surface area contributed by atoms with Crippen molar-refractivity contribution < 1.29 is 14.6 Å². The molecule has 1 aliphatic rings. The summed E-state index contributed by atoms with van der Waals surface area (Å²) in [5, 5.41) is 9.68. The number of carbonyl (C=O) groups excluding carboxylic acids is 1. The molecule has 99 valence electrons. The molecule has 4 nitrogen and oxygen atoms in total. The van der Waals surface area contributed by atoms with E-state index in [0.717, 1.165) is 6.54 Å². The van der Waals surface area contributed by atoms with Gasteiger partial charge in [-0.1, -0.05) is 20.8 Å². The highest BCUT2D eigenvalue weighted by Crippen LogP contribution is 2.34. The van der Waals surface area contributed by atoms with Gasteiger partial charge >= 0.3 is 5.97 Å². The van der Waals surface area contributed by atoms with Gasteiger partial charge in [0.25, 0.3) is 0 Å². The predicted octanol–water partition coefficient (Wildman–Crippen LogP) is 1.96. The van der Waals surface area contributed by atoms with Gasteiger partial charge in [0.2, 0.25) is 0 Å². The average molecular weight is 242 g/mol. The largest absolute Gasteiger partial charge is 0.469 e. The van der Waals surface area contributed by atoms with Crippen molar-refractivity contribution in [2.75, 3.05) is 20.2 Å². The van der Waals surface area contributed by atoms with Gasteiger partial charge in [-0.3, -0.25) is 9.69 Å².